The number of aryl methyl sites for hydroxylation is 1. The number of nitrogens with one attached hydrogen (secondary N) is 2. The van der Waals surface area contributed by atoms with E-state index in [0.717, 1.165) is 54.8 Å². The van der Waals surface area contributed by atoms with Gasteiger partial charge in [0, 0.05) is 64.4 Å². The second-order valence-corrected chi connectivity index (χ2v) is 9.38. The van der Waals surface area contributed by atoms with Gasteiger partial charge in [0.15, 0.2) is 0 Å². The summed E-state index contributed by atoms with van der Waals surface area (Å²) in [6, 6.07) is 20.7. The molecule has 0 bridgehead atoms. The molecule has 1 amide bonds. The van der Waals surface area contributed by atoms with Crippen molar-refractivity contribution >= 4 is 39.1 Å². The van der Waals surface area contributed by atoms with Gasteiger partial charge in [-0.3, -0.25) is 9.69 Å². The Morgan fingerprint density at radius 1 is 1.03 bits per heavy atom. The van der Waals surface area contributed by atoms with Crippen molar-refractivity contribution in [2.45, 2.75) is 39.0 Å². The highest BCUT2D eigenvalue weighted by Crippen LogP contribution is 2.31. The van der Waals surface area contributed by atoms with Crippen LogP contribution < -0.4 is 15.4 Å². The number of carbonyl (C=O) groups excluding carboxylic acids is 1. The number of nitrogens with zero attached hydrogens (tertiary/aromatic N) is 2. The lowest BCUT2D eigenvalue weighted by Crippen LogP contribution is -2.42. The smallest absolute Gasteiger partial charge is 0.238 e. The molecule has 0 spiro atoms. The number of carbonyl (C=O) groups is 1. The molecule has 3 N–H and O–H groups in total. The standard InChI is InChI=1S/C29H34N4O3/c1-3-33-26-9-5-4-7-22(26)23-17-21(11-12-27(23)33)31-29(35)18-32-15-13-20(14-16-32)30-25-8-6-10-28(36-2)24(25)19-34/h4-12,17,20,30,34H,3,13-16,18-19H2,1-2H3,(H,31,35). The van der Waals surface area contributed by atoms with Crippen LogP contribution in [-0.4, -0.2) is 53.3 Å². The minimum Gasteiger partial charge on any atom is -0.496 e. The quantitative estimate of drug-likeness (QED) is 0.333. The maximum Gasteiger partial charge on any atom is 0.238 e. The number of fused-ring (bicyclic) bond motifs is 3. The Morgan fingerprint density at radius 2 is 1.81 bits per heavy atom. The number of piperidine rings is 1. The number of aromatic nitrogens is 1. The van der Waals surface area contributed by atoms with Crippen LogP contribution in [0.4, 0.5) is 11.4 Å². The van der Waals surface area contributed by atoms with Crippen molar-refractivity contribution in [2.24, 2.45) is 0 Å². The number of benzene rings is 3. The van der Waals surface area contributed by atoms with Gasteiger partial charge < -0.3 is 25.0 Å². The first-order valence-electron chi connectivity index (χ1n) is 12.7. The second kappa shape index (κ2) is 10.6. The maximum atomic E-state index is 12.9. The number of anilines is 2. The minimum atomic E-state index is -0.0733. The summed E-state index contributed by atoms with van der Waals surface area (Å²) in [5.74, 6) is 0.699. The highest BCUT2D eigenvalue weighted by atomic mass is 16.5. The predicted octanol–water partition coefficient (Wildman–Crippen LogP) is 4.83. The van der Waals surface area contributed by atoms with E-state index >= 15 is 0 Å². The first-order valence-corrected chi connectivity index (χ1v) is 12.7. The van der Waals surface area contributed by atoms with Crippen LogP contribution in [0.25, 0.3) is 21.8 Å². The molecule has 1 aromatic heterocycles. The number of aliphatic hydroxyl groups is 1. The number of para-hydroxylation sites is 1. The Kier molecular flexibility index (Phi) is 7.11. The van der Waals surface area contributed by atoms with E-state index in [1.165, 1.54) is 16.4 Å². The molecule has 0 unspecified atom stereocenters. The van der Waals surface area contributed by atoms with Crippen molar-refractivity contribution in [2.75, 3.05) is 37.4 Å². The number of ether oxygens (including phenoxy) is 1. The molecule has 1 fully saturated rings. The van der Waals surface area contributed by atoms with E-state index in [2.05, 4.69) is 63.4 Å². The second-order valence-electron chi connectivity index (χ2n) is 9.38. The van der Waals surface area contributed by atoms with E-state index in [1.54, 1.807) is 7.11 Å². The molecule has 7 heteroatoms. The van der Waals surface area contributed by atoms with Crippen molar-refractivity contribution in [3.8, 4) is 5.75 Å². The molecule has 36 heavy (non-hydrogen) atoms. The molecule has 0 radical (unpaired) electrons. The molecule has 188 valence electrons. The van der Waals surface area contributed by atoms with E-state index in [4.69, 9.17) is 4.74 Å². The normalized spacial score (nSPS) is 14.9. The molecule has 0 atom stereocenters. The van der Waals surface area contributed by atoms with Gasteiger partial charge in [-0.2, -0.15) is 0 Å². The lowest BCUT2D eigenvalue weighted by atomic mass is 10.0. The Labute approximate surface area is 211 Å². The first kappa shape index (κ1) is 24.2. The van der Waals surface area contributed by atoms with Gasteiger partial charge in [0.1, 0.15) is 5.75 Å². The summed E-state index contributed by atoms with van der Waals surface area (Å²) >= 11 is 0. The summed E-state index contributed by atoms with van der Waals surface area (Å²) in [6.07, 6.45) is 1.86. The average molecular weight is 487 g/mol. The molecule has 5 rings (SSSR count). The SMILES string of the molecule is CCn1c2ccccc2c2cc(NC(=O)CN3CCC(Nc4cccc(OC)c4CO)CC3)ccc21. The molecule has 7 nitrogen and oxygen atoms in total. The molecule has 2 heterocycles. The molecular weight excluding hydrogens is 452 g/mol. The number of methoxy groups -OCH3 is 1. The van der Waals surface area contributed by atoms with Gasteiger partial charge in [-0.25, -0.2) is 0 Å². The van der Waals surface area contributed by atoms with Crippen LogP contribution >= 0.6 is 0 Å². The third kappa shape index (κ3) is 4.76. The van der Waals surface area contributed by atoms with E-state index in [9.17, 15) is 9.90 Å². The summed E-state index contributed by atoms with van der Waals surface area (Å²) in [7, 11) is 1.61. The van der Waals surface area contributed by atoms with Crippen molar-refractivity contribution in [3.63, 3.8) is 0 Å². The fourth-order valence-corrected chi connectivity index (χ4v) is 5.39. The number of rotatable bonds is 8. The fraction of sp³-hybridized carbons (Fsp3) is 0.345. The molecule has 4 aromatic rings. The van der Waals surface area contributed by atoms with Crippen molar-refractivity contribution < 1.29 is 14.6 Å². The Bertz CT molecular complexity index is 1370. The zero-order valence-electron chi connectivity index (χ0n) is 21.0. The molecule has 0 aliphatic carbocycles. The number of hydrogen-bond acceptors (Lipinski definition) is 5. The third-order valence-corrected chi connectivity index (χ3v) is 7.20. The van der Waals surface area contributed by atoms with Crippen LogP contribution in [0.2, 0.25) is 0 Å². The molecular formula is C29H34N4O3. The van der Waals surface area contributed by atoms with Gasteiger partial charge in [-0.1, -0.05) is 24.3 Å². The number of likely N-dealkylation sites (tertiary alicyclic amines) is 1. The Morgan fingerprint density at radius 3 is 2.56 bits per heavy atom. The molecule has 3 aromatic carbocycles. The first-order chi connectivity index (χ1) is 17.6. The van der Waals surface area contributed by atoms with Crippen LogP contribution in [-0.2, 0) is 17.9 Å². The van der Waals surface area contributed by atoms with Gasteiger partial charge >= 0.3 is 0 Å². The molecule has 1 saturated heterocycles. The maximum absolute atomic E-state index is 12.9. The monoisotopic (exact) mass is 486 g/mol. The summed E-state index contributed by atoms with van der Waals surface area (Å²) in [4.78, 5) is 15.1. The van der Waals surface area contributed by atoms with E-state index < -0.39 is 0 Å². The van der Waals surface area contributed by atoms with Gasteiger partial charge in [-0.15, -0.1) is 0 Å². The zero-order valence-corrected chi connectivity index (χ0v) is 21.0. The number of amides is 1. The lowest BCUT2D eigenvalue weighted by Gasteiger charge is -2.32. The fourth-order valence-electron chi connectivity index (χ4n) is 5.39. The van der Waals surface area contributed by atoms with Crippen LogP contribution in [0.5, 0.6) is 5.75 Å². The highest BCUT2D eigenvalue weighted by Gasteiger charge is 2.22. The average Bonchev–Trinajstić information content (AvgIpc) is 3.22. The van der Waals surface area contributed by atoms with Crippen LogP contribution in [0.3, 0.4) is 0 Å². The third-order valence-electron chi connectivity index (χ3n) is 7.20. The summed E-state index contributed by atoms with van der Waals surface area (Å²) < 4.78 is 7.68. The van der Waals surface area contributed by atoms with E-state index in [-0.39, 0.29) is 12.5 Å². The minimum absolute atomic E-state index is 0.00958. The van der Waals surface area contributed by atoms with E-state index in [0.29, 0.717) is 18.3 Å². The largest absolute Gasteiger partial charge is 0.496 e. The number of aliphatic hydroxyl groups excluding tert-OH is 1. The molecule has 1 aliphatic heterocycles. The van der Waals surface area contributed by atoms with Gasteiger partial charge in [0.05, 0.1) is 20.3 Å². The molecule has 1 aliphatic rings. The highest BCUT2D eigenvalue weighted by molar-refractivity contribution is 6.09. The van der Waals surface area contributed by atoms with Crippen molar-refractivity contribution in [1.29, 1.82) is 0 Å². The van der Waals surface area contributed by atoms with E-state index in [1.807, 2.05) is 24.3 Å². The summed E-state index contributed by atoms with van der Waals surface area (Å²) in [5, 5.41) is 18.8. The van der Waals surface area contributed by atoms with Crippen molar-refractivity contribution in [1.82, 2.24) is 9.47 Å². The molecule has 0 saturated carbocycles. The predicted molar refractivity (Wildman–Crippen MR) is 146 cm³/mol. The van der Waals surface area contributed by atoms with Crippen LogP contribution in [0, 0.1) is 0 Å². The Hall–Kier alpha value is -3.55. The zero-order chi connectivity index (χ0) is 25.1. The van der Waals surface area contributed by atoms with Crippen LogP contribution in [0.1, 0.15) is 25.3 Å². The van der Waals surface area contributed by atoms with Gasteiger partial charge in [0.2, 0.25) is 5.91 Å². The van der Waals surface area contributed by atoms with Crippen LogP contribution in [0.15, 0.2) is 60.7 Å². The van der Waals surface area contributed by atoms with Gasteiger partial charge in [0.25, 0.3) is 0 Å². The van der Waals surface area contributed by atoms with Gasteiger partial charge in [-0.05, 0) is 56.2 Å². The summed E-state index contributed by atoms with van der Waals surface area (Å²) in [6.45, 7) is 5.04. The topological polar surface area (TPSA) is 78.8 Å². The van der Waals surface area contributed by atoms with Crippen molar-refractivity contribution in [3.05, 3.63) is 66.2 Å². The lowest BCUT2D eigenvalue weighted by molar-refractivity contribution is -0.117. The number of hydrogen-bond donors (Lipinski definition) is 3. The Balaban J connectivity index is 1.19. The summed E-state index contributed by atoms with van der Waals surface area (Å²) in [5.41, 5.74) is 4.92.